The predicted molar refractivity (Wildman–Crippen MR) is 49.8 cm³/mol. The van der Waals surface area contributed by atoms with Gasteiger partial charge in [0.05, 0.1) is 0 Å². The SMILES string of the molecule is CC(C)C1=[C-]CC=C1.Cl.Cl.[Hf]. The topological polar surface area (TPSA) is 0 Å². The van der Waals surface area contributed by atoms with Crippen LogP contribution in [-0.4, -0.2) is 0 Å². The summed E-state index contributed by atoms with van der Waals surface area (Å²) < 4.78 is 0. The third kappa shape index (κ3) is 6.12. The zero-order chi connectivity index (χ0) is 5.98. The van der Waals surface area contributed by atoms with Gasteiger partial charge in [-0.1, -0.05) is 19.8 Å². The Balaban J connectivity index is -0.000000213. The van der Waals surface area contributed by atoms with Gasteiger partial charge >= 0.3 is 0 Å². The average molecular weight is 359 g/mol. The van der Waals surface area contributed by atoms with Crippen molar-refractivity contribution in [3.63, 3.8) is 0 Å². The monoisotopic (exact) mass is 359 g/mol. The molecule has 11 heavy (non-hydrogen) atoms. The minimum Gasteiger partial charge on any atom is -0.269 e. The number of allylic oxidation sites excluding steroid dienone is 4. The third-order valence-electron chi connectivity index (χ3n) is 1.34. The molecule has 1 aliphatic rings. The van der Waals surface area contributed by atoms with E-state index >= 15 is 0 Å². The van der Waals surface area contributed by atoms with E-state index in [1.807, 2.05) is 0 Å². The summed E-state index contributed by atoms with van der Waals surface area (Å²) in [6.45, 7) is 4.38. The van der Waals surface area contributed by atoms with Crippen LogP contribution in [0.5, 0.6) is 0 Å². The first-order valence-electron chi connectivity index (χ1n) is 3.08. The van der Waals surface area contributed by atoms with E-state index < -0.39 is 0 Å². The van der Waals surface area contributed by atoms with Crippen molar-refractivity contribution in [3.8, 4) is 0 Å². The number of halogens is 2. The molecule has 64 valence electrons. The van der Waals surface area contributed by atoms with Crippen LogP contribution in [-0.2, 0) is 25.8 Å². The number of hydrogen-bond acceptors (Lipinski definition) is 0. The predicted octanol–water partition coefficient (Wildman–Crippen LogP) is 3.17. The Morgan fingerprint density at radius 1 is 1.36 bits per heavy atom. The van der Waals surface area contributed by atoms with Gasteiger partial charge in [0.2, 0.25) is 0 Å². The van der Waals surface area contributed by atoms with E-state index in [1.165, 1.54) is 5.57 Å². The van der Waals surface area contributed by atoms with Crippen molar-refractivity contribution in [3.05, 3.63) is 23.8 Å². The Morgan fingerprint density at radius 2 is 1.91 bits per heavy atom. The number of rotatable bonds is 1. The molecule has 1 rings (SSSR count). The van der Waals surface area contributed by atoms with Crippen molar-refractivity contribution in [2.45, 2.75) is 20.3 Å². The van der Waals surface area contributed by atoms with E-state index in [0.717, 1.165) is 6.42 Å². The van der Waals surface area contributed by atoms with Crippen LogP contribution in [0.25, 0.3) is 0 Å². The van der Waals surface area contributed by atoms with Gasteiger partial charge in [0.25, 0.3) is 0 Å². The molecule has 0 saturated carbocycles. The van der Waals surface area contributed by atoms with Gasteiger partial charge in [-0.2, -0.15) is 6.08 Å². The van der Waals surface area contributed by atoms with Crippen LogP contribution in [0.3, 0.4) is 0 Å². The summed E-state index contributed by atoms with van der Waals surface area (Å²) in [5, 5.41) is 0. The van der Waals surface area contributed by atoms with Gasteiger partial charge in [-0.05, 0) is 0 Å². The molecule has 0 aromatic heterocycles. The van der Waals surface area contributed by atoms with Crippen molar-refractivity contribution in [2.75, 3.05) is 0 Å². The fourth-order valence-corrected chi connectivity index (χ4v) is 0.818. The van der Waals surface area contributed by atoms with Crippen molar-refractivity contribution in [1.29, 1.82) is 0 Å². The smallest absolute Gasteiger partial charge is 0 e. The van der Waals surface area contributed by atoms with Gasteiger partial charge in [-0.3, -0.25) is 6.08 Å². The molecule has 0 fully saturated rings. The summed E-state index contributed by atoms with van der Waals surface area (Å²) in [4.78, 5) is 0. The van der Waals surface area contributed by atoms with E-state index in [4.69, 9.17) is 0 Å². The molecule has 3 heteroatoms. The van der Waals surface area contributed by atoms with Gasteiger partial charge < -0.3 is 0 Å². The zero-order valence-electron chi connectivity index (χ0n) is 6.76. The van der Waals surface area contributed by atoms with Gasteiger partial charge in [0.15, 0.2) is 0 Å². The standard InChI is InChI=1S/C8H11.2ClH.Hf/c1-7(2)8-5-3-4-6-8;;;/h3,5,7H,4H2,1-2H3;2*1H;/q-1;;;. The largest absolute Gasteiger partial charge is 0.269 e. The fourth-order valence-electron chi connectivity index (χ4n) is 0.818. The van der Waals surface area contributed by atoms with Crippen molar-refractivity contribution in [1.82, 2.24) is 0 Å². The molecule has 0 saturated heterocycles. The number of hydrogen-bond donors (Lipinski definition) is 0. The van der Waals surface area contributed by atoms with Crippen molar-refractivity contribution in [2.24, 2.45) is 5.92 Å². The van der Waals surface area contributed by atoms with Gasteiger partial charge in [-0.25, -0.2) is 11.6 Å². The second-order valence-electron chi connectivity index (χ2n) is 2.39. The van der Waals surface area contributed by atoms with Crippen LogP contribution >= 0.6 is 24.8 Å². The van der Waals surface area contributed by atoms with Gasteiger partial charge in [0, 0.05) is 25.8 Å². The second kappa shape index (κ2) is 9.02. The van der Waals surface area contributed by atoms with Crippen LogP contribution in [0.2, 0.25) is 0 Å². The molecule has 0 heterocycles. The van der Waals surface area contributed by atoms with Crippen LogP contribution < -0.4 is 0 Å². The third-order valence-corrected chi connectivity index (χ3v) is 1.34. The van der Waals surface area contributed by atoms with Gasteiger partial charge in [0.1, 0.15) is 0 Å². The molecule has 0 amide bonds. The van der Waals surface area contributed by atoms with Crippen LogP contribution in [0, 0.1) is 12.0 Å². The zero-order valence-corrected chi connectivity index (χ0v) is 12.0. The first-order valence-corrected chi connectivity index (χ1v) is 3.08. The summed E-state index contributed by atoms with van der Waals surface area (Å²) in [5.74, 6) is 0.661. The molecule has 0 N–H and O–H groups in total. The molecule has 0 spiro atoms. The van der Waals surface area contributed by atoms with E-state index in [1.54, 1.807) is 0 Å². The van der Waals surface area contributed by atoms with Crippen LogP contribution in [0.15, 0.2) is 17.7 Å². The van der Waals surface area contributed by atoms with Crippen LogP contribution in [0.4, 0.5) is 0 Å². The van der Waals surface area contributed by atoms with Crippen molar-refractivity contribution < 1.29 is 25.8 Å². The Hall–Kier alpha value is 0.930. The first kappa shape index (κ1) is 17.9. The minimum atomic E-state index is 0. The summed E-state index contributed by atoms with van der Waals surface area (Å²) >= 11 is 0. The maximum atomic E-state index is 3.26. The first-order chi connectivity index (χ1) is 3.80. The molecular weight excluding hydrogens is 345 g/mol. The Bertz CT molecular complexity index is 139. The quantitative estimate of drug-likeness (QED) is 0.499. The normalized spacial score (nSPS) is 12.8. The van der Waals surface area contributed by atoms with E-state index in [9.17, 15) is 0 Å². The average Bonchev–Trinajstić information content (AvgIpc) is 2.12. The molecule has 0 bridgehead atoms. The molecule has 0 aliphatic heterocycles. The van der Waals surface area contributed by atoms with E-state index in [0.29, 0.717) is 5.92 Å². The Morgan fingerprint density at radius 3 is 2.09 bits per heavy atom. The van der Waals surface area contributed by atoms with Crippen LogP contribution in [0.1, 0.15) is 20.3 Å². The second-order valence-corrected chi connectivity index (χ2v) is 2.39. The molecule has 0 radical (unpaired) electrons. The molecule has 0 nitrogen and oxygen atoms in total. The maximum Gasteiger partial charge on any atom is 0 e. The van der Waals surface area contributed by atoms with E-state index in [2.05, 4.69) is 32.1 Å². The van der Waals surface area contributed by atoms with Crippen molar-refractivity contribution >= 4 is 24.8 Å². The summed E-state index contributed by atoms with van der Waals surface area (Å²) in [6, 6.07) is 0. The summed E-state index contributed by atoms with van der Waals surface area (Å²) in [5.41, 5.74) is 1.37. The summed E-state index contributed by atoms with van der Waals surface area (Å²) in [7, 11) is 0. The van der Waals surface area contributed by atoms with Gasteiger partial charge in [-0.15, -0.1) is 31.2 Å². The maximum absolute atomic E-state index is 3.26. The Labute approximate surface area is 100 Å². The molecule has 0 aromatic rings. The summed E-state index contributed by atoms with van der Waals surface area (Å²) in [6.07, 6.45) is 8.59. The molecule has 0 aromatic carbocycles. The molecular formula is C8H13Cl2Hf-. The molecule has 0 unspecified atom stereocenters. The Kier molecular flexibility index (Phi) is 14.7. The minimum absolute atomic E-state index is 0. The molecule has 1 aliphatic carbocycles. The van der Waals surface area contributed by atoms with E-state index in [-0.39, 0.29) is 50.7 Å². The fraction of sp³-hybridized carbons (Fsp3) is 0.500. The molecule has 0 atom stereocenters.